The van der Waals surface area contributed by atoms with Gasteiger partial charge in [0.15, 0.2) is 0 Å². The van der Waals surface area contributed by atoms with E-state index in [1.807, 2.05) is 6.92 Å². The largest absolute Gasteiger partial charge is 0.345 e. The molecule has 0 aromatic heterocycles. The third-order valence-electron chi connectivity index (χ3n) is 4.87. The van der Waals surface area contributed by atoms with Crippen LogP contribution >= 0.6 is 0 Å². The highest BCUT2D eigenvalue weighted by Crippen LogP contribution is 2.44. The number of hydrogen-bond donors (Lipinski definition) is 1. The van der Waals surface area contributed by atoms with E-state index >= 15 is 0 Å². The molecule has 3 rings (SSSR count). The molecular formula is C17H22N2O2. The maximum absolute atomic E-state index is 12.3. The van der Waals surface area contributed by atoms with E-state index in [1.54, 1.807) is 4.90 Å². The molecule has 2 aliphatic rings. The van der Waals surface area contributed by atoms with Crippen LogP contribution in [0.15, 0.2) is 24.3 Å². The first-order valence-electron chi connectivity index (χ1n) is 7.72. The fourth-order valence-corrected chi connectivity index (χ4v) is 3.18. The van der Waals surface area contributed by atoms with Crippen LogP contribution < -0.4 is 5.32 Å². The van der Waals surface area contributed by atoms with Crippen LogP contribution in [0.5, 0.6) is 0 Å². The number of rotatable bonds is 4. The van der Waals surface area contributed by atoms with Gasteiger partial charge in [-0.1, -0.05) is 31.2 Å². The van der Waals surface area contributed by atoms with Crippen LogP contribution in [-0.2, 0) is 22.6 Å². The molecular weight excluding hydrogens is 264 g/mol. The van der Waals surface area contributed by atoms with Crippen LogP contribution in [0.2, 0.25) is 0 Å². The molecule has 1 N–H and O–H groups in total. The normalized spacial score (nSPS) is 25.9. The lowest BCUT2D eigenvalue weighted by molar-refractivity contribution is -0.155. The Morgan fingerprint density at radius 2 is 1.81 bits per heavy atom. The van der Waals surface area contributed by atoms with Crippen LogP contribution in [0.1, 0.15) is 37.8 Å². The van der Waals surface area contributed by atoms with Crippen molar-refractivity contribution >= 4 is 11.8 Å². The first-order chi connectivity index (χ1) is 10.1. The Hall–Kier alpha value is -1.84. The molecule has 4 heteroatoms. The molecule has 0 radical (unpaired) electrons. The van der Waals surface area contributed by atoms with Crippen molar-refractivity contribution in [3.05, 3.63) is 35.4 Å². The predicted molar refractivity (Wildman–Crippen MR) is 80.5 cm³/mol. The number of aryl methyl sites for hydroxylation is 1. The van der Waals surface area contributed by atoms with E-state index in [1.165, 1.54) is 5.56 Å². The zero-order valence-corrected chi connectivity index (χ0v) is 12.7. The van der Waals surface area contributed by atoms with Gasteiger partial charge in [0, 0.05) is 6.54 Å². The van der Waals surface area contributed by atoms with Crippen LogP contribution in [0.4, 0.5) is 0 Å². The number of hydrogen-bond acceptors (Lipinski definition) is 2. The predicted octanol–water partition coefficient (Wildman–Crippen LogP) is 1.88. The smallest absolute Gasteiger partial charge is 0.246 e. The van der Waals surface area contributed by atoms with Crippen LogP contribution in [0, 0.1) is 5.92 Å². The van der Waals surface area contributed by atoms with Gasteiger partial charge in [-0.3, -0.25) is 9.59 Å². The van der Waals surface area contributed by atoms with Gasteiger partial charge in [0.1, 0.15) is 5.54 Å². The third-order valence-corrected chi connectivity index (χ3v) is 4.87. The lowest BCUT2D eigenvalue weighted by atomic mass is 9.89. The van der Waals surface area contributed by atoms with Gasteiger partial charge in [0.2, 0.25) is 11.8 Å². The second-order valence-corrected chi connectivity index (χ2v) is 6.25. The zero-order valence-electron chi connectivity index (χ0n) is 12.7. The van der Waals surface area contributed by atoms with E-state index in [9.17, 15) is 9.59 Å². The number of benzene rings is 1. The Labute approximate surface area is 125 Å². The monoisotopic (exact) mass is 286 g/mol. The quantitative estimate of drug-likeness (QED) is 0.918. The van der Waals surface area contributed by atoms with Crippen LogP contribution in [-0.4, -0.2) is 28.8 Å². The average molecular weight is 286 g/mol. The minimum Gasteiger partial charge on any atom is -0.345 e. The highest BCUT2D eigenvalue weighted by atomic mass is 16.2. The van der Waals surface area contributed by atoms with Crippen molar-refractivity contribution < 1.29 is 9.59 Å². The highest BCUT2D eigenvalue weighted by molar-refractivity contribution is 5.98. The van der Waals surface area contributed by atoms with Crippen molar-refractivity contribution in [2.24, 2.45) is 5.92 Å². The van der Waals surface area contributed by atoms with E-state index in [0.717, 1.165) is 24.8 Å². The molecule has 1 aromatic rings. The first kappa shape index (κ1) is 14.1. The summed E-state index contributed by atoms with van der Waals surface area (Å²) in [7, 11) is 0. The summed E-state index contributed by atoms with van der Waals surface area (Å²) in [4.78, 5) is 26.4. The molecule has 1 heterocycles. The summed E-state index contributed by atoms with van der Waals surface area (Å²) in [6.45, 7) is 4.67. The standard InChI is InChI=1S/C17H22N2O2/c1-3-12-4-6-13(7-5-12)11-19-15(20)10-18-16(21)17(19,2)14-8-9-14/h4-7,14H,3,8-11H2,1-2H3,(H,18,21). The molecule has 112 valence electrons. The maximum atomic E-state index is 12.3. The van der Waals surface area contributed by atoms with Gasteiger partial charge in [-0.25, -0.2) is 0 Å². The second kappa shape index (κ2) is 5.17. The van der Waals surface area contributed by atoms with Crippen molar-refractivity contribution in [2.45, 2.75) is 45.2 Å². The Kier molecular flexibility index (Phi) is 3.47. The van der Waals surface area contributed by atoms with Crippen molar-refractivity contribution in [1.29, 1.82) is 0 Å². The minimum absolute atomic E-state index is 0.00483. The molecule has 1 unspecified atom stereocenters. The fourth-order valence-electron chi connectivity index (χ4n) is 3.18. The molecule has 0 bridgehead atoms. The third kappa shape index (κ3) is 2.43. The van der Waals surface area contributed by atoms with Crippen LogP contribution in [0.3, 0.4) is 0 Å². The van der Waals surface area contributed by atoms with Gasteiger partial charge in [-0.05, 0) is 43.2 Å². The van der Waals surface area contributed by atoms with Gasteiger partial charge in [-0.2, -0.15) is 0 Å². The lowest BCUT2D eigenvalue weighted by Crippen LogP contribution is -2.66. The molecule has 2 fully saturated rings. The Morgan fingerprint density at radius 3 is 2.38 bits per heavy atom. The molecule has 1 aromatic carbocycles. The van der Waals surface area contributed by atoms with Crippen molar-refractivity contribution in [3.8, 4) is 0 Å². The van der Waals surface area contributed by atoms with E-state index in [2.05, 4.69) is 36.5 Å². The molecule has 1 saturated heterocycles. The Balaban J connectivity index is 1.85. The molecule has 4 nitrogen and oxygen atoms in total. The SMILES string of the molecule is CCc1ccc(CN2C(=O)CNC(=O)C2(C)C2CC2)cc1. The second-order valence-electron chi connectivity index (χ2n) is 6.25. The van der Waals surface area contributed by atoms with E-state index in [-0.39, 0.29) is 18.4 Å². The Morgan fingerprint density at radius 1 is 1.19 bits per heavy atom. The number of nitrogens with one attached hydrogen (secondary N) is 1. The molecule has 1 aliphatic heterocycles. The number of piperazine rings is 1. The summed E-state index contributed by atoms with van der Waals surface area (Å²) in [5.74, 6) is 0.315. The first-order valence-corrected chi connectivity index (χ1v) is 7.72. The van der Waals surface area contributed by atoms with E-state index in [0.29, 0.717) is 12.5 Å². The van der Waals surface area contributed by atoms with E-state index < -0.39 is 5.54 Å². The Bertz CT molecular complexity index is 563. The molecule has 1 atom stereocenters. The fraction of sp³-hybridized carbons (Fsp3) is 0.529. The van der Waals surface area contributed by atoms with Crippen LogP contribution in [0.25, 0.3) is 0 Å². The topological polar surface area (TPSA) is 49.4 Å². The van der Waals surface area contributed by atoms with Crippen molar-refractivity contribution in [3.63, 3.8) is 0 Å². The van der Waals surface area contributed by atoms with Gasteiger partial charge < -0.3 is 10.2 Å². The summed E-state index contributed by atoms with van der Waals surface area (Å²) in [6, 6.07) is 8.31. The molecule has 1 aliphatic carbocycles. The number of nitrogens with zero attached hydrogens (tertiary/aromatic N) is 1. The van der Waals surface area contributed by atoms with Gasteiger partial charge in [0.25, 0.3) is 0 Å². The van der Waals surface area contributed by atoms with Gasteiger partial charge in [0.05, 0.1) is 6.54 Å². The van der Waals surface area contributed by atoms with Gasteiger partial charge in [-0.15, -0.1) is 0 Å². The summed E-state index contributed by atoms with van der Waals surface area (Å²) >= 11 is 0. The zero-order chi connectivity index (χ0) is 15.0. The average Bonchev–Trinajstić information content (AvgIpc) is 3.33. The molecule has 2 amide bonds. The summed E-state index contributed by atoms with van der Waals surface area (Å²) in [5, 5.41) is 2.75. The summed E-state index contributed by atoms with van der Waals surface area (Å²) < 4.78 is 0. The highest BCUT2D eigenvalue weighted by Gasteiger charge is 2.54. The van der Waals surface area contributed by atoms with E-state index in [4.69, 9.17) is 0 Å². The number of amides is 2. The van der Waals surface area contributed by atoms with Crippen molar-refractivity contribution in [2.75, 3.05) is 6.54 Å². The van der Waals surface area contributed by atoms with Gasteiger partial charge >= 0.3 is 0 Å². The molecule has 1 saturated carbocycles. The summed E-state index contributed by atoms with van der Waals surface area (Å²) in [6.07, 6.45) is 3.07. The maximum Gasteiger partial charge on any atom is 0.246 e. The number of carbonyl (C=O) groups excluding carboxylic acids is 2. The molecule has 0 spiro atoms. The number of carbonyl (C=O) groups is 2. The molecule has 21 heavy (non-hydrogen) atoms. The van der Waals surface area contributed by atoms with Crippen molar-refractivity contribution in [1.82, 2.24) is 10.2 Å². The lowest BCUT2D eigenvalue weighted by Gasteiger charge is -2.44. The minimum atomic E-state index is -0.682. The summed E-state index contributed by atoms with van der Waals surface area (Å²) in [5.41, 5.74) is 1.69.